The molecule has 2 aliphatic heterocycles. The summed E-state index contributed by atoms with van der Waals surface area (Å²) in [7, 11) is 0. The Morgan fingerprint density at radius 3 is 3.09 bits per heavy atom. The van der Waals surface area contributed by atoms with E-state index in [1.807, 2.05) is 17.0 Å². The highest BCUT2D eigenvalue weighted by molar-refractivity contribution is 5.99. The van der Waals surface area contributed by atoms with E-state index in [1.54, 1.807) is 0 Å². The molecule has 5 nitrogen and oxygen atoms in total. The smallest absolute Gasteiger partial charge is 0.228 e. The molecule has 3 rings (SSSR count). The van der Waals surface area contributed by atoms with E-state index in [9.17, 15) is 14.7 Å². The largest absolute Gasteiger partial charge is 0.396 e. The number of hydrogen-bond acceptors (Lipinski definition) is 3. The standard InChI is InChI=1S/C18H24N2O3/c21-12-14-4-2-8-20(11-14)18(23)5-1-3-13-6-7-16-15(9-13)10-17(22)19-16/h6-7,9,14,21H,1-5,8,10-12H2,(H,19,22). The first-order valence-corrected chi connectivity index (χ1v) is 8.46. The Bertz CT molecular complexity index is 600. The third kappa shape index (κ3) is 3.91. The van der Waals surface area contributed by atoms with Crippen molar-refractivity contribution in [1.82, 2.24) is 4.90 Å². The van der Waals surface area contributed by atoms with Crippen LogP contribution in [0.4, 0.5) is 5.69 Å². The normalized spacial score (nSPS) is 20.3. The molecule has 23 heavy (non-hydrogen) atoms. The number of hydrogen-bond donors (Lipinski definition) is 2. The van der Waals surface area contributed by atoms with Crippen LogP contribution in [0.1, 0.15) is 36.8 Å². The molecule has 0 aromatic heterocycles. The summed E-state index contributed by atoms with van der Waals surface area (Å²) in [5.74, 6) is 0.492. The number of likely N-dealkylation sites (tertiary alicyclic amines) is 1. The van der Waals surface area contributed by atoms with Crippen molar-refractivity contribution in [2.75, 3.05) is 25.0 Å². The molecule has 124 valence electrons. The Morgan fingerprint density at radius 2 is 2.26 bits per heavy atom. The highest BCUT2D eigenvalue weighted by atomic mass is 16.3. The molecule has 1 unspecified atom stereocenters. The van der Waals surface area contributed by atoms with Crippen molar-refractivity contribution in [1.29, 1.82) is 0 Å². The Labute approximate surface area is 136 Å². The van der Waals surface area contributed by atoms with Crippen LogP contribution >= 0.6 is 0 Å². The van der Waals surface area contributed by atoms with Crippen LogP contribution in [0.15, 0.2) is 18.2 Å². The number of nitrogens with zero attached hydrogens (tertiary/aromatic N) is 1. The van der Waals surface area contributed by atoms with Gasteiger partial charge in [-0.15, -0.1) is 0 Å². The topological polar surface area (TPSA) is 69.6 Å². The van der Waals surface area contributed by atoms with Gasteiger partial charge < -0.3 is 15.3 Å². The number of aliphatic hydroxyl groups is 1. The first kappa shape index (κ1) is 16.0. The van der Waals surface area contributed by atoms with Crippen molar-refractivity contribution in [3.8, 4) is 0 Å². The predicted octanol–water partition coefficient (Wildman–Crippen LogP) is 1.73. The number of anilines is 1. The summed E-state index contributed by atoms with van der Waals surface area (Å²) in [6.45, 7) is 1.69. The molecule has 5 heteroatoms. The summed E-state index contributed by atoms with van der Waals surface area (Å²) in [6.07, 6.45) is 4.68. The fourth-order valence-electron chi connectivity index (χ4n) is 3.48. The number of carbonyl (C=O) groups excluding carboxylic acids is 2. The molecule has 1 aromatic carbocycles. The summed E-state index contributed by atoms with van der Waals surface area (Å²) in [6, 6.07) is 6.05. The van der Waals surface area contributed by atoms with Crippen molar-refractivity contribution in [2.24, 2.45) is 5.92 Å². The monoisotopic (exact) mass is 316 g/mol. The van der Waals surface area contributed by atoms with Gasteiger partial charge in [0.2, 0.25) is 11.8 Å². The Morgan fingerprint density at radius 1 is 1.39 bits per heavy atom. The minimum atomic E-state index is 0.0517. The van der Waals surface area contributed by atoms with Crippen molar-refractivity contribution >= 4 is 17.5 Å². The van der Waals surface area contributed by atoms with Crippen LogP contribution in [-0.2, 0) is 22.4 Å². The summed E-state index contributed by atoms with van der Waals surface area (Å²) in [5.41, 5.74) is 3.15. The molecular weight excluding hydrogens is 292 g/mol. The van der Waals surface area contributed by atoms with E-state index in [-0.39, 0.29) is 24.3 Å². The molecule has 1 atom stereocenters. The third-order valence-electron chi connectivity index (χ3n) is 4.78. The van der Waals surface area contributed by atoms with Crippen molar-refractivity contribution in [3.63, 3.8) is 0 Å². The highest BCUT2D eigenvalue weighted by Gasteiger charge is 2.22. The fourth-order valence-corrected chi connectivity index (χ4v) is 3.48. The lowest BCUT2D eigenvalue weighted by Crippen LogP contribution is -2.40. The molecule has 2 N–H and O–H groups in total. The van der Waals surface area contributed by atoms with Gasteiger partial charge in [0, 0.05) is 31.8 Å². The van der Waals surface area contributed by atoms with Crippen molar-refractivity contribution in [2.45, 2.75) is 38.5 Å². The van der Waals surface area contributed by atoms with Crippen LogP contribution in [0.25, 0.3) is 0 Å². The first-order chi connectivity index (χ1) is 11.2. The molecule has 2 amide bonds. The average molecular weight is 316 g/mol. The van der Waals surface area contributed by atoms with Gasteiger partial charge in [0.15, 0.2) is 0 Å². The quantitative estimate of drug-likeness (QED) is 0.869. The molecular formula is C18H24N2O3. The van der Waals surface area contributed by atoms with Crippen molar-refractivity contribution < 1.29 is 14.7 Å². The fraction of sp³-hybridized carbons (Fsp3) is 0.556. The van der Waals surface area contributed by atoms with Crippen LogP contribution in [0, 0.1) is 5.92 Å². The number of carbonyl (C=O) groups is 2. The Hall–Kier alpha value is -1.88. The number of piperidine rings is 1. The minimum absolute atomic E-state index is 0.0517. The molecule has 0 bridgehead atoms. The predicted molar refractivity (Wildman–Crippen MR) is 88.1 cm³/mol. The number of aryl methyl sites for hydroxylation is 1. The van der Waals surface area contributed by atoms with Crippen LogP contribution in [-0.4, -0.2) is 41.5 Å². The van der Waals surface area contributed by atoms with E-state index in [4.69, 9.17) is 0 Å². The zero-order valence-corrected chi connectivity index (χ0v) is 13.4. The molecule has 2 heterocycles. The summed E-state index contributed by atoms with van der Waals surface area (Å²) < 4.78 is 0. The highest BCUT2D eigenvalue weighted by Crippen LogP contribution is 2.24. The summed E-state index contributed by atoms with van der Waals surface area (Å²) >= 11 is 0. The average Bonchev–Trinajstić information content (AvgIpc) is 2.94. The van der Waals surface area contributed by atoms with Gasteiger partial charge in [-0.3, -0.25) is 9.59 Å². The third-order valence-corrected chi connectivity index (χ3v) is 4.78. The van der Waals surface area contributed by atoms with Gasteiger partial charge in [-0.05, 0) is 48.8 Å². The Kier molecular flexibility index (Phi) is 4.96. The number of nitrogens with one attached hydrogen (secondary N) is 1. The van der Waals surface area contributed by atoms with E-state index in [2.05, 4.69) is 11.4 Å². The maximum Gasteiger partial charge on any atom is 0.228 e. The lowest BCUT2D eigenvalue weighted by atomic mass is 9.98. The van der Waals surface area contributed by atoms with Gasteiger partial charge in [-0.1, -0.05) is 12.1 Å². The van der Waals surface area contributed by atoms with Gasteiger partial charge in [0.25, 0.3) is 0 Å². The van der Waals surface area contributed by atoms with Gasteiger partial charge in [0.05, 0.1) is 6.42 Å². The van der Waals surface area contributed by atoms with Gasteiger partial charge >= 0.3 is 0 Å². The number of benzene rings is 1. The second kappa shape index (κ2) is 7.13. The van der Waals surface area contributed by atoms with Crippen molar-refractivity contribution in [3.05, 3.63) is 29.3 Å². The van der Waals surface area contributed by atoms with Gasteiger partial charge in [0.1, 0.15) is 0 Å². The lowest BCUT2D eigenvalue weighted by molar-refractivity contribution is -0.133. The van der Waals surface area contributed by atoms with E-state index in [0.717, 1.165) is 43.5 Å². The molecule has 0 spiro atoms. The van der Waals surface area contributed by atoms with Crippen LogP contribution < -0.4 is 5.32 Å². The van der Waals surface area contributed by atoms with E-state index in [1.165, 1.54) is 5.56 Å². The molecule has 1 saturated heterocycles. The van der Waals surface area contributed by atoms with Crippen LogP contribution in [0.3, 0.4) is 0 Å². The molecule has 0 radical (unpaired) electrons. The zero-order valence-electron chi connectivity index (χ0n) is 13.4. The second-order valence-electron chi connectivity index (χ2n) is 6.60. The van der Waals surface area contributed by atoms with Gasteiger partial charge in [-0.2, -0.15) is 0 Å². The maximum atomic E-state index is 12.3. The Balaban J connectivity index is 1.47. The first-order valence-electron chi connectivity index (χ1n) is 8.46. The number of amides is 2. The molecule has 0 saturated carbocycles. The number of rotatable bonds is 5. The summed E-state index contributed by atoms with van der Waals surface area (Å²) in [5, 5.41) is 12.1. The zero-order chi connectivity index (χ0) is 16.2. The van der Waals surface area contributed by atoms with Crippen LogP contribution in [0.2, 0.25) is 0 Å². The number of aliphatic hydroxyl groups excluding tert-OH is 1. The van der Waals surface area contributed by atoms with E-state index in [0.29, 0.717) is 19.4 Å². The minimum Gasteiger partial charge on any atom is -0.396 e. The van der Waals surface area contributed by atoms with Crippen LogP contribution in [0.5, 0.6) is 0 Å². The maximum absolute atomic E-state index is 12.3. The number of fused-ring (bicyclic) bond motifs is 1. The van der Waals surface area contributed by atoms with E-state index >= 15 is 0 Å². The van der Waals surface area contributed by atoms with Gasteiger partial charge in [-0.25, -0.2) is 0 Å². The SMILES string of the molecule is O=C1Cc2cc(CCCC(=O)N3CCCC(CO)C3)ccc2N1. The molecule has 1 aromatic rings. The second-order valence-corrected chi connectivity index (χ2v) is 6.60. The lowest BCUT2D eigenvalue weighted by Gasteiger charge is -2.32. The van der Waals surface area contributed by atoms with E-state index < -0.39 is 0 Å². The molecule has 1 fully saturated rings. The summed E-state index contributed by atoms with van der Waals surface area (Å²) in [4.78, 5) is 25.5. The molecule has 0 aliphatic carbocycles. The molecule has 2 aliphatic rings.